The number of piperidine rings is 1. The minimum atomic E-state index is -4.93. The van der Waals surface area contributed by atoms with E-state index in [9.17, 15) is 31.1 Å². The largest absolute Gasteiger partial charge is 0.416 e. The zero-order chi connectivity index (χ0) is 25.9. The van der Waals surface area contributed by atoms with Crippen molar-refractivity contribution in [2.24, 2.45) is 0 Å². The predicted molar refractivity (Wildman–Crippen MR) is 118 cm³/mol. The third-order valence-electron chi connectivity index (χ3n) is 6.15. The lowest BCUT2D eigenvalue weighted by atomic mass is 9.81. The zero-order valence-corrected chi connectivity index (χ0v) is 19.2. The fourth-order valence-corrected chi connectivity index (χ4v) is 4.10. The molecular weight excluding hydrogens is 476 g/mol. The van der Waals surface area contributed by atoms with E-state index in [1.165, 1.54) is 14.0 Å². The summed E-state index contributed by atoms with van der Waals surface area (Å²) in [5.74, 6) is 0. The molecule has 0 saturated carbocycles. The molecule has 35 heavy (non-hydrogen) atoms. The highest BCUT2D eigenvalue weighted by Gasteiger charge is 2.39. The second-order valence-electron chi connectivity index (χ2n) is 8.58. The monoisotopic (exact) mass is 503 g/mol. The number of halogens is 6. The number of carbonyl (C=O) groups excluding carboxylic acids is 1. The highest BCUT2D eigenvalue weighted by Crippen LogP contribution is 2.39. The van der Waals surface area contributed by atoms with Crippen molar-refractivity contribution in [3.05, 3.63) is 70.8 Å². The summed E-state index contributed by atoms with van der Waals surface area (Å²) in [5, 5.41) is 8.69. The van der Waals surface area contributed by atoms with E-state index in [4.69, 9.17) is 4.74 Å². The van der Waals surface area contributed by atoms with Gasteiger partial charge in [0.05, 0.1) is 29.4 Å². The first kappa shape index (κ1) is 26.8. The van der Waals surface area contributed by atoms with Gasteiger partial charge in [-0.2, -0.15) is 26.3 Å². The number of hydrogen-bond acceptors (Lipinski definition) is 3. The second kappa shape index (κ2) is 10.4. The van der Waals surface area contributed by atoms with Crippen LogP contribution in [0.1, 0.15) is 48.1 Å². The van der Waals surface area contributed by atoms with Crippen molar-refractivity contribution >= 4 is 6.03 Å². The van der Waals surface area contributed by atoms with E-state index in [-0.39, 0.29) is 30.3 Å². The molecule has 1 fully saturated rings. The molecule has 5 nitrogen and oxygen atoms in total. The third-order valence-corrected chi connectivity index (χ3v) is 6.15. The molecule has 0 bridgehead atoms. The standard InChI is InChI=1S/C24H27F6N3O2/c1-15(16-10-18(23(25,26)27)12-19(11-16)24(28,29)30)35-14-22(17-6-4-3-5-7-17)9-8-20(13-32-22)33-21(34)31-2/h3-7,10-12,15,20,32H,8-9,13-14H2,1-2H3,(H2,31,33,34)/t15?,20-,22+/m0/s1. The molecule has 1 aliphatic rings. The van der Waals surface area contributed by atoms with E-state index in [0.717, 1.165) is 5.56 Å². The number of rotatable bonds is 6. The Morgan fingerprint density at radius 1 is 1.09 bits per heavy atom. The molecule has 2 amide bonds. The minimum Gasteiger partial charge on any atom is -0.372 e. The van der Waals surface area contributed by atoms with Crippen molar-refractivity contribution in [2.75, 3.05) is 20.2 Å². The molecule has 3 rings (SSSR count). The fraction of sp³-hybridized carbons (Fsp3) is 0.458. The molecule has 0 spiro atoms. The summed E-state index contributed by atoms with van der Waals surface area (Å²) in [5.41, 5.74) is -2.84. The topological polar surface area (TPSA) is 62.4 Å². The Hall–Kier alpha value is -2.79. The SMILES string of the molecule is CNC(=O)N[C@H]1CC[C@@](COC(C)c2cc(C(F)(F)F)cc(C(F)(F)F)c2)(c2ccccc2)NC1. The smallest absolute Gasteiger partial charge is 0.372 e. The van der Waals surface area contributed by atoms with Crippen molar-refractivity contribution in [1.29, 1.82) is 0 Å². The molecule has 11 heteroatoms. The van der Waals surface area contributed by atoms with Crippen molar-refractivity contribution in [1.82, 2.24) is 16.0 Å². The first-order valence-corrected chi connectivity index (χ1v) is 11.0. The molecule has 0 aliphatic carbocycles. The van der Waals surface area contributed by atoms with Crippen LogP contribution >= 0.6 is 0 Å². The summed E-state index contributed by atoms with van der Waals surface area (Å²) in [6, 6.07) is 10.3. The van der Waals surface area contributed by atoms with E-state index in [1.807, 2.05) is 30.3 Å². The fourth-order valence-electron chi connectivity index (χ4n) is 4.10. The summed E-state index contributed by atoms with van der Waals surface area (Å²) >= 11 is 0. The predicted octanol–water partition coefficient (Wildman–Crippen LogP) is 5.38. The number of ether oxygens (including phenoxy) is 1. The van der Waals surface area contributed by atoms with Gasteiger partial charge in [-0.05, 0) is 49.1 Å². The molecule has 0 aromatic heterocycles. The van der Waals surface area contributed by atoms with Gasteiger partial charge in [-0.3, -0.25) is 0 Å². The number of nitrogens with one attached hydrogen (secondary N) is 3. The lowest BCUT2D eigenvalue weighted by molar-refractivity contribution is -0.143. The molecule has 1 heterocycles. The summed E-state index contributed by atoms with van der Waals surface area (Å²) in [7, 11) is 1.51. The van der Waals surface area contributed by atoms with Gasteiger partial charge in [0, 0.05) is 19.6 Å². The van der Waals surface area contributed by atoms with Crippen LogP contribution in [-0.4, -0.2) is 32.3 Å². The number of urea groups is 1. The Morgan fingerprint density at radius 3 is 2.17 bits per heavy atom. The van der Waals surface area contributed by atoms with Crippen molar-refractivity contribution in [3.8, 4) is 0 Å². The maximum Gasteiger partial charge on any atom is 0.416 e. The van der Waals surface area contributed by atoms with Crippen molar-refractivity contribution < 1.29 is 35.9 Å². The van der Waals surface area contributed by atoms with Crippen LogP contribution in [-0.2, 0) is 22.6 Å². The van der Waals surface area contributed by atoms with Gasteiger partial charge in [0.1, 0.15) is 0 Å². The van der Waals surface area contributed by atoms with Gasteiger partial charge in [0.25, 0.3) is 0 Å². The van der Waals surface area contributed by atoms with E-state index < -0.39 is 35.1 Å². The Balaban J connectivity index is 1.83. The zero-order valence-electron chi connectivity index (χ0n) is 19.2. The molecular formula is C24H27F6N3O2. The number of amides is 2. The van der Waals surface area contributed by atoms with Crippen LogP contribution in [0.25, 0.3) is 0 Å². The summed E-state index contributed by atoms with van der Waals surface area (Å²) in [4.78, 5) is 11.6. The van der Waals surface area contributed by atoms with Crippen LogP contribution in [0.2, 0.25) is 0 Å². The lowest BCUT2D eigenvalue weighted by Crippen LogP contribution is -2.58. The summed E-state index contributed by atoms with van der Waals surface area (Å²) in [6.45, 7) is 1.83. The number of carbonyl (C=O) groups is 1. The minimum absolute atomic E-state index is 0.00245. The molecule has 192 valence electrons. The maximum atomic E-state index is 13.3. The van der Waals surface area contributed by atoms with Gasteiger partial charge in [0.15, 0.2) is 0 Å². The Labute approximate surface area is 199 Å². The Kier molecular flexibility index (Phi) is 8.00. The van der Waals surface area contributed by atoms with Crippen LogP contribution < -0.4 is 16.0 Å². The normalized spacial score (nSPS) is 21.9. The molecule has 1 unspecified atom stereocenters. The van der Waals surface area contributed by atoms with Crippen molar-refractivity contribution in [3.63, 3.8) is 0 Å². The van der Waals surface area contributed by atoms with E-state index in [1.54, 1.807) is 0 Å². The van der Waals surface area contributed by atoms with E-state index in [0.29, 0.717) is 31.5 Å². The van der Waals surface area contributed by atoms with Gasteiger partial charge in [-0.1, -0.05) is 30.3 Å². The van der Waals surface area contributed by atoms with Gasteiger partial charge >= 0.3 is 18.4 Å². The molecule has 0 radical (unpaired) electrons. The quantitative estimate of drug-likeness (QED) is 0.464. The second-order valence-corrected chi connectivity index (χ2v) is 8.58. The van der Waals surface area contributed by atoms with Crippen LogP contribution in [0.5, 0.6) is 0 Å². The summed E-state index contributed by atoms with van der Waals surface area (Å²) < 4.78 is 85.5. The average molecular weight is 503 g/mol. The maximum absolute atomic E-state index is 13.3. The number of hydrogen-bond donors (Lipinski definition) is 3. The van der Waals surface area contributed by atoms with Gasteiger partial charge < -0.3 is 20.7 Å². The van der Waals surface area contributed by atoms with Crippen LogP contribution in [0.15, 0.2) is 48.5 Å². The molecule has 1 saturated heterocycles. The van der Waals surface area contributed by atoms with Gasteiger partial charge in [0.2, 0.25) is 0 Å². The molecule has 2 aromatic carbocycles. The number of alkyl halides is 6. The summed E-state index contributed by atoms with van der Waals surface area (Å²) in [6.07, 6.45) is -9.79. The first-order chi connectivity index (χ1) is 16.3. The Morgan fingerprint density at radius 2 is 1.69 bits per heavy atom. The van der Waals surface area contributed by atoms with Gasteiger partial charge in [-0.25, -0.2) is 4.79 Å². The highest BCUT2D eigenvalue weighted by atomic mass is 19.4. The van der Waals surface area contributed by atoms with Crippen LogP contribution in [0.3, 0.4) is 0 Å². The third kappa shape index (κ3) is 6.66. The lowest BCUT2D eigenvalue weighted by Gasteiger charge is -2.42. The first-order valence-electron chi connectivity index (χ1n) is 11.0. The van der Waals surface area contributed by atoms with Crippen LogP contribution in [0.4, 0.5) is 31.1 Å². The van der Waals surface area contributed by atoms with Gasteiger partial charge in [-0.15, -0.1) is 0 Å². The van der Waals surface area contributed by atoms with Crippen molar-refractivity contribution in [2.45, 2.75) is 49.8 Å². The Bertz CT molecular complexity index is 970. The van der Waals surface area contributed by atoms with Crippen LogP contribution in [0, 0.1) is 0 Å². The van der Waals surface area contributed by atoms with E-state index in [2.05, 4.69) is 16.0 Å². The molecule has 2 aromatic rings. The molecule has 3 atom stereocenters. The average Bonchev–Trinajstić information content (AvgIpc) is 2.82. The molecule has 1 aliphatic heterocycles. The van der Waals surface area contributed by atoms with E-state index >= 15 is 0 Å². The molecule has 3 N–H and O–H groups in total. The highest BCUT2D eigenvalue weighted by molar-refractivity contribution is 5.73. The number of benzene rings is 2.